The van der Waals surface area contributed by atoms with Crippen LogP contribution < -0.4 is 4.90 Å². The Morgan fingerprint density at radius 2 is 1.85 bits per heavy atom. The Labute approximate surface area is 122 Å². The number of likely N-dealkylation sites (N-methyl/N-ethyl adjacent to an activating group) is 1. The fourth-order valence-corrected chi connectivity index (χ4v) is 3.42. The Hall–Kier alpha value is -1.13. The number of aromatic nitrogens is 1. The first kappa shape index (κ1) is 13.8. The molecule has 2 saturated heterocycles. The van der Waals surface area contributed by atoms with Crippen molar-refractivity contribution in [3.63, 3.8) is 0 Å². The highest BCUT2D eigenvalue weighted by atomic mass is 15.3. The second-order valence-corrected chi connectivity index (χ2v) is 6.20. The van der Waals surface area contributed by atoms with Gasteiger partial charge in [-0.25, -0.2) is 4.98 Å². The molecule has 2 fully saturated rings. The molecule has 2 aliphatic heterocycles. The van der Waals surface area contributed by atoms with Crippen LogP contribution in [-0.2, 0) is 0 Å². The van der Waals surface area contributed by atoms with E-state index in [4.69, 9.17) is 4.98 Å². The summed E-state index contributed by atoms with van der Waals surface area (Å²) in [6.45, 7) is 5.67. The summed E-state index contributed by atoms with van der Waals surface area (Å²) >= 11 is 0. The Morgan fingerprint density at radius 3 is 2.60 bits per heavy atom. The van der Waals surface area contributed by atoms with Crippen LogP contribution in [0.3, 0.4) is 0 Å². The summed E-state index contributed by atoms with van der Waals surface area (Å²) in [6, 6.07) is 4.93. The Balaban J connectivity index is 1.84. The lowest BCUT2D eigenvalue weighted by Gasteiger charge is -2.38. The van der Waals surface area contributed by atoms with Crippen molar-refractivity contribution in [2.45, 2.75) is 25.3 Å². The molecule has 0 saturated carbocycles. The largest absolute Gasteiger partial charge is 0.354 e. The SMILES string of the molecule is CN1CCN(c2ncccc2C2CCCCN2C)CC1. The fourth-order valence-electron chi connectivity index (χ4n) is 3.42. The van der Waals surface area contributed by atoms with E-state index in [2.05, 4.69) is 40.9 Å². The van der Waals surface area contributed by atoms with Gasteiger partial charge in [0, 0.05) is 44.0 Å². The van der Waals surface area contributed by atoms with Gasteiger partial charge in [0.2, 0.25) is 0 Å². The van der Waals surface area contributed by atoms with E-state index in [1.165, 1.54) is 37.2 Å². The van der Waals surface area contributed by atoms with Crippen LogP contribution in [0.5, 0.6) is 0 Å². The number of hydrogen-bond acceptors (Lipinski definition) is 4. The predicted molar refractivity (Wildman–Crippen MR) is 83.2 cm³/mol. The van der Waals surface area contributed by atoms with Crippen LogP contribution >= 0.6 is 0 Å². The van der Waals surface area contributed by atoms with Crippen molar-refractivity contribution >= 4 is 5.82 Å². The summed E-state index contributed by atoms with van der Waals surface area (Å²) in [4.78, 5) is 12.1. The molecule has 20 heavy (non-hydrogen) atoms. The molecule has 1 aromatic heterocycles. The van der Waals surface area contributed by atoms with E-state index in [9.17, 15) is 0 Å². The minimum atomic E-state index is 0.548. The molecule has 2 aliphatic rings. The van der Waals surface area contributed by atoms with Gasteiger partial charge in [-0.3, -0.25) is 4.90 Å². The van der Waals surface area contributed by atoms with Crippen LogP contribution in [0.2, 0.25) is 0 Å². The van der Waals surface area contributed by atoms with Crippen molar-refractivity contribution in [2.24, 2.45) is 0 Å². The van der Waals surface area contributed by atoms with E-state index < -0.39 is 0 Å². The van der Waals surface area contributed by atoms with E-state index in [1.54, 1.807) is 0 Å². The zero-order valence-corrected chi connectivity index (χ0v) is 12.8. The average Bonchev–Trinajstić information content (AvgIpc) is 2.49. The standard InChI is InChI=1S/C16H26N4/c1-18-10-12-20(13-11-18)16-14(6-5-8-17-16)15-7-3-4-9-19(15)2/h5-6,8,15H,3-4,7,9-13H2,1-2H3. The van der Waals surface area contributed by atoms with Crippen molar-refractivity contribution < 1.29 is 0 Å². The maximum atomic E-state index is 4.72. The molecule has 1 unspecified atom stereocenters. The molecule has 1 aromatic rings. The lowest BCUT2D eigenvalue weighted by molar-refractivity contribution is 0.187. The van der Waals surface area contributed by atoms with Gasteiger partial charge in [-0.15, -0.1) is 0 Å². The number of rotatable bonds is 2. The number of piperazine rings is 1. The van der Waals surface area contributed by atoms with Gasteiger partial charge in [-0.05, 0) is 39.5 Å². The fraction of sp³-hybridized carbons (Fsp3) is 0.688. The number of pyridine rings is 1. The second-order valence-electron chi connectivity index (χ2n) is 6.20. The van der Waals surface area contributed by atoms with E-state index in [-0.39, 0.29) is 0 Å². The maximum Gasteiger partial charge on any atom is 0.133 e. The van der Waals surface area contributed by atoms with Gasteiger partial charge in [0.15, 0.2) is 0 Å². The zero-order valence-electron chi connectivity index (χ0n) is 12.8. The van der Waals surface area contributed by atoms with Crippen LogP contribution in [0.4, 0.5) is 5.82 Å². The maximum absolute atomic E-state index is 4.72. The zero-order chi connectivity index (χ0) is 13.9. The molecule has 4 heteroatoms. The van der Waals surface area contributed by atoms with Crippen molar-refractivity contribution in [3.05, 3.63) is 23.9 Å². The molecule has 110 valence electrons. The molecule has 1 atom stereocenters. The van der Waals surface area contributed by atoms with E-state index in [0.29, 0.717) is 6.04 Å². The first-order chi connectivity index (χ1) is 9.75. The Kier molecular flexibility index (Phi) is 4.22. The van der Waals surface area contributed by atoms with Gasteiger partial charge in [0.1, 0.15) is 5.82 Å². The molecule has 0 spiro atoms. The highest BCUT2D eigenvalue weighted by Gasteiger charge is 2.26. The lowest BCUT2D eigenvalue weighted by atomic mass is 9.96. The van der Waals surface area contributed by atoms with Crippen molar-refractivity contribution in [2.75, 3.05) is 51.7 Å². The van der Waals surface area contributed by atoms with Gasteiger partial charge >= 0.3 is 0 Å². The summed E-state index contributed by atoms with van der Waals surface area (Å²) in [5.74, 6) is 1.22. The smallest absolute Gasteiger partial charge is 0.133 e. The Bertz CT molecular complexity index is 440. The topological polar surface area (TPSA) is 22.6 Å². The van der Waals surface area contributed by atoms with Gasteiger partial charge in [-0.1, -0.05) is 12.5 Å². The normalized spacial score (nSPS) is 25.9. The Morgan fingerprint density at radius 1 is 1.05 bits per heavy atom. The number of likely N-dealkylation sites (tertiary alicyclic amines) is 1. The number of nitrogens with zero attached hydrogens (tertiary/aromatic N) is 4. The molecule has 0 amide bonds. The molecule has 0 aromatic carbocycles. The number of hydrogen-bond donors (Lipinski definition) is 0. The van der Waals surface area contributed by atoms with Gasteiger partial charge in [0.25, 0.3) is 0 Å². The van der Waals surface area contributed by atoms with E-state index in [0.717, 1.165) is 26.2 Å². The van der Waals surface area contributed by atoms with Crippen LogP contribution in [0.15, 0.2) is 18.3 Å². The van der Waals surface area contributed by atoms with Crippen LogP contribution in [0.1, 0.15) is 30.9 Å². The quantitative estimate of drug-likeness (QED) is 0.822. The molecule has 0 N–H and O–H groups in total. The first-order valence-electron chi connectivity index (χ1n) is 7.84. The third kappa shape index (κ3) is 2.81. The number of anilines is 1. The highest BCUT2D eigenvalue weighted by Crippen LogP contribution is 2.34. The summed E-state index contributed by atoms with van der Waals surface area (Å²) in [5, 5.41) is 0. The number of piperidine rings is 1. The molecule has 0 aliphatic carbocycles. The minimum Gasteiger partial charge on any atom is -0.354 e. The molecule has 0 radical (unpaired) electrons. The summed E-state index contributed by atoms with van der Waals surface area (Å²) in [5.41, 5.74) is 1.43. The second kappa shape index (κ2) is 6.10. The summed E-state index contributed by atoms with van der Waals surface area (Å²) in [6.07, 6.45) is 5.88. The molecule has 4 nitrogen and oxygen atoms in total. The molecular formula is C16H26N4. The van der Waals surface area contributed by atoms with Gasteiger partial charge in [0.05, 0.1) is 0 Å². The van der Waals surface area contributed by atoms with Gasteiger partial charge in [-0.2, -0.15) is 0 Å². The molecular weight excluding hydrogens is 248 g/mol. The van der Waals surface area contributed by atoms with Crippen LogP contribution in [0, 0.1) is 0 Å². The van der Waals surface area contributed by atoms with Crippen molar-refractivity contribution in [3.8, 4) is 0 Å². The van der Waals surface area contributed by atoms with E-state index in [1.807, 2.05) is 6.20 Å². The van der Waals surface area contributed by atoms with Crippen LogP contribution in [-0.4, -0.2) is 61.6 Å². The monoisotopic (exact) mass is 274 g/mol. The highest BCUT2D eigenvalue weighted by molar-refractivity contribution is 5.49. The van der Waals surface area contributed by atoms with Gasteiger partial charge < -0.3 is 9.80 Å². The molecule has 3 rings (SSSR count). The first-order valence-corrected chi connectivity index (χ1v) is 7.84. The molecule has 3 heterocycles. The minimum absolute atomic E-state index is 0.548. The predicted octanol–water partition coefficient (Wildman–Crippen LogP) is 1.99. The van der Waals surface area contributed by atoms with E-state index >= 15 is 0 Å². The molecule has 0 bridgehead atoms. The van der Waals surface area contributed by atoms with Crippen molar-refractivity contribution in [1.82, 2.24) is 14.8 Å². The third-order valence-corrected chi connectivity index (χ3v) is 4.75. The lowest BCUT2D eigenvalue weighted by Crippen LogP contribution is -2.45. The third-order valence-electron chi connectivity index (χ3n) is 4.75. The van der Waals surface area contributed by atoms with Crippen molar-refractivity contribution in [1.29, 1.82) is 0 Å². The summed E-state index contributed by atoms with van der Waals surface area (Å²) in [7, 11) is 4.45. The van der Waals surface area contributed by atoms with Crippen LogP contribution in [0.25, 0.3) is 0 Å². The average molecular weight is 274 g/mol. The summed E-state index contributed by atoms with van der Waals surface area (Å²) < 4.78 is 0.